The number of halogens is 4. The van der Waals surface area contributed by atoms with Crippen molar-refractivity contribution in [1.29, 1.82) is 0 Å². The van der Waals surface area contributed by atoms with Crippen LogP contribution in [0.2, 0.25) is 0 Å². The van der Waals surface area contributed by atoms with Gasteiger partial charge in [0.05, 0.1) is 11.5 Å². The number of carbonyl (C=O) groups is 2. The number of hydrogen-bond acceptors (Lipinski definition) is 2. The lowest BCUT2D eigenvalue weighted by Gasteiger charge is -2.32. The molecule has 0 bridgehead atoms. The highest BCUT2D eigenvalue weighted by Crippen LogP contribution is 2.30. The Hall–Kier alpha value is -2.35. The van der Waals surface area contributed by atoms with Gasteiger partial charge in [-0.2, -0.15) is 13.2 Å². The van der Waals surface area contributed by atoms with Crippen LogP contribution in [0.1, 0.15) is 34.3 Å². The number of piperidine rings is 1. The van der Waals surface area contributed by atoms with Gasteiger partial charge in [-0.3, -0.25) is 9.59 Å². The molecule has 0 radical (unpaired) electrons. The molecule has 1 heterocycles. The smallest absolute Gasteiger partial charge is 0.338 e. The maximum Gasteiger partial charge on any atom is 0.416 e. The maximum absolute atomic E-state index is 12.9. The molecule has 2 amide bonds. The largest absolute Gasteiger partial charge is 0.416 e. The van der Waals surface area contributed by atoms with Crippen LogP contribution in [0.25, 0.3) is 0 Å². The highest BCUT2D eigenvalue weighted by Gasteiger charge is 2.33. The lowest BCUT2D eigenvalue weighted by Crippen LogP contribution is -2.43. The first kappa shape index (κ1) is 21.4. The summed E-state index contributed by atoms with van der Waals surface area (Å²) in [5.74, 6) is -1.10. The van der Waals surface area contributed by atoms with Crippen molar-refractivity contribution in [2.75, 3.05) is 18.4 Å². The zero-order valence-corrected chi connectivity index (χ0v) is 17.3. The molecule has 1 aliphatic rings. The molecule has 3 rings (SSSR count). The van der Waals surface area contributed by atoms with Crippen molar-refractivity contribution in [3.63, 3.8) is 0 Å². The summed E-state index contributed by atoms with van der Waals surface area (Å²) in [6, 6.07) is 9.90. The monoisotopic (exact) mass is 468 g/mol. The number of rotatable bonds is 3. The minimum Gasteiger partial charge on any atom is -0.338 e. The van der Waals surface area contributed by atoms with Crippen molar-refractivity contribution >= 4 is 33.4 Å². The number of benzene rings is 2. The van der Waals surface area contributed by atoms with Crippen LogP contribution >= 0.6 is 15.9 Å². The third kappa shape index (κ3) is 5.18. The molecule has 1 atom stereocenters. The van der Waals surface area contributed by atoms with Gasteiger partial charge in [-0.15, -0.1) is 0 Å². The molecule has 2 aromatic rings. The van der Waals surface area contributed by atoms with Gasteiger partial charge in [0.2, 0.25) is 5.91 Å². The molecule has 0 aromatic heterocycles. The third-order valence-corrected chi connectivity index (χ3v) is 5.46. The van der Waals surface area contributed by atoms with Gasteiger partial charge in [-0.25, -0.2) is 0 Å². The number of hydrogen-bond donors (Lipinski definition) is 1. The molecule has 8 heteroatoms. The predicted octanol–water partition coefficient (Wildman–Crippen LogP) is 5.27. The summed E-state index contributed by atoms with van der Waals surface area (Å²) in [5.41, 5.74) is 0.713. The number of nitrogens with zero attached hydrogens (tertiary/aromatic N) is 1. The second-order valence-corrected chi connectivity index (χ2v) is 8.03. The van der Waals surface area contributed by atoms with Crippen LogP contribution in [0, 0.1) is 12.8 Å². The Balaban J connectivity index is 1.70. The average Bonchev–Trinajstić information content (AvgIpc) is 2.69. The van der Waals surface area contributed by atoms with E-state index < -0.39 is 23.6 Å². The van der Waals surface area contributed by atoms with E-state index in [4.69, 9.17) is 0 Å². The van der Waals surface area contributed by atoms with Crippen LogP contribution in [0.5, 0.6) is 0 Å². The number of amides is 2. The first-order valence-corrected chi connectivity index (χ1v) is 9.98. The normalized spacial score (nSPS) is 17.1. The van der Waals surface area contributed by atoms with Crippen molar-refractivity contribution in [3.8, 4) is 0 Å². The van der Waals surface area contributed by atoms with Gasteiger partial charge >= 0.3 is 6.18 Å². The van der Waals surface area contributed by atoms with Crippen molar-refractivity contribution in [3.05, 3.63) is 63.6 Å². The van der Waals surface area contributed by atoms with Gasteiger partial charge in [0.15, 0.2) is 0 Å². The van der Waals surface area contributed by atoms with E-state index in [1.54, 1.807) is 6.07 Å². The Morgan fingerprint density at radius 1 is 1.17 bits per heavy atom. The van der Waals surface area contributed by atoms with Gasteiger partial charge in [0.1, 0.15) is 0 Å². The summed E-state index contributed by atoms with van der Waals surface area (Å²) >= 11 is 3.38. The summed E-state index contributed by atoms with van der Waals surface area (Å²) in [6.07, 6.45) is -3.28. The van der Waals surface area contributed by atoms with Crippen LogP contribution < -0.4 is 5.32 Å². The fourth-order valence-corrected chi connectivity index (χ4v) is 3.86. The fraction of sp³-hybridized carbons (Fsp3) is 0.333. The van der Waals surface area contributed by atoms with Crippen LogP contribution in [0.4, 0.5) is 18.9 Å². The molecule has 1 aliphatic heterocycles. The average molecular weight is 469 g/mol. The Bertz CT molecular complexity index is 930. The van der Waals surface area contributed by atoms with Crippen molar-refractivity contribution in [2.24, 2.45) is 5.92 Å². The van der Waals surface area contributed by atoms with Gasteiger partial charge in [-0.1, -0.05) is 22.0 Å². The number of alkyl halides is 3. The Kier molecular flexibility index (Phi) is 6.31. The molecule has 1 fully saturated rings. The summed E-state index contributed by atoms with van der Waals surface area (Å²) < 4.78 is 39.7. The van der Waals surface area contributed by atoms with E-state index >= 15 is 0 Å². The number of aryl methyl sites for hydroxylation is 1. The van der Waals surface area contributed by atoms with E-state index in [0.29, 0.717) is 25.1 Å². The van der Waals surface area contributed by atoms with Crippen molar-refractivity contribution in [1.82, 2.24) is 4.90 Å². The van der Waals surface area contributed by atoms with Gasteiger partial charge in [0.25, 0.3) is 5.91 Å². The van der Waals surface area contributed by atoms with E-state index in [1.165, 1.54) is 17.0 Å². The van der Waals surface area contributed by atoms with Gasteiger partial charge in [-0.05, 0) is 61.7 Å². The van der Waals surface area contributed by atoms with Crippen LogP contribution in [-0.4, -0.2) is 29.8 Å². The Labute approximate surface area is 175 Å². The van der Waals surface area contributed by atoms with E-state index in [9.17, 15) is 22.8 Å². The highest BCUT2D eigenvalue weighted by molar-refractivity contribution is 9.10. The predicted molar refractivity (Wildman–Crippen MR) is 108 cm³/mol. The quantitative estimate of drug-likeness (QED) is 0.667. The second-order valence-electron chi connectivity index (χ2n) is 7.12. The molecule has 0 saturated carbocycles. The Morgan fingerprint density at radius 2 is 1.93 bits per heavy atom. The molecule has 1 N–H and O–H groups in total. The standard InChI is InChI=1S/C21H20BrF3N2O2/c1-13-10-17(22)7-8-18(13)26-19(28)15-5-3-9-27(12-15)20(29)14-4-2-6-16(11-14)21(23,24)25/h2,4,6-8,10-11,15H,3,5,9,12H2,1H3,(H,26,28)/t15-/m0/s1. The maximum atomic E-state index is 12.9. The topological polar surface area (TPSA) is 49.4 Å². The first-order chi connectivity index (χ1) is 13.6. The summed E-state index contributed by atoms with van der Waals surface area (Å²) in [6.45, 7) is 2.47. The summed E-state index contributed by atoms with van der Waals surface area (Å²) in [4.78, 5) is 26.9. The first-order valence-electron chi connectivity index (χ1n) is 9.18. The van der Waals surface area contributed by atoms with Gasteiger partial charge in [0, 0.05) is 28.8 Å². The lowest BCUT2D eigenvalue weighted by molar-refractivity contribution is -0.137. The lowest BCUT2D eigenvalue weighted by atomic mass is 9.96. The molecule has 29 heavy (non-hydrogen) atoms. The molecular formula is C21H20BrF3N2O2. The second kappa shape index (κ2) is 8.57. The Morgan fingerprint density at radius 3 is 2.62 bits per heavy atom. The number of carbonyl (C=O) groups excluding carboxylic acids is 2. The fourth-order valence-electron chi connectivity index (χ4n) is 3.39. The molecular weight excluding hydrogens is 449 g/mol. The molecule has 154 valence electrons. The number of nitrogens with one attached hydrogen (secondary N) is 1. The zero-order valence-electron chi connectivity index (χ0n) is 15.7. The number of likely N-dealkylation sites (tertiary alicyclic amines) is 1. The number of anilines is 1. The SMILES string of the molecule is Cc1cc(Br)ccc1NC(=O)[C@H]1CCCN(C(=O)c2cccc(C(F)(F)F)c2)C1. The molecule has 2 aromatic carbocycles. The van der Waals surface area contributed by atoms with Crippen molar-refractivity contribution in [2.45, 2.75) is 25.9 Å². The van der Waals surface area contributed by atoms with E-state index in [0.717, 1.165) is 22.2 Å². The van der Waals surface area contributed by atoms with E-state index in [-0.39, 0.29) is 18.0 Å². The minimum absolute atomic E-state index is 0.0235. The molecule has 4 nitrogen and oxygen atoms in total. The third-order valence-electron chi connectivity index (χ3n) is 4.96. The van der Waals surface area contributed by atoms with Gasteiger partial charge < -0.3 is 10.2 Å². The zero-order chi connectivity index (χ0) is 21.2. The molecule has 0 unspecified atom stereocenters. The van der Waals surface area contributed by atoms with Crippen molar-refractivity contribution < 1.29 is 22.8 Å². The molecule has 1 saturated heterocycles. The molecule has 0 spiro atoms. The van der Waals surface area contributed by atoms with Crippen LogP contribution in [0.15, 0.2) is 46.9 Å². The summed E-state index contributed by atoms with van der Waals surface area (Å²) in [7, 11) is 0. The molecule has 0 aliphatic carbocycles. The van der Waals surface area contributed by atoms with E-state index in [1.807, 2.05) is 19.1 Å². The minimum atomic E-state index is -4.51. The highest BCUT2D eigenvalue weighted by atomic mass is 79.9. The van der Waals surface area contributed by atoms with E-state index in [2.05, 4.69) is 21.2 Å². The van der Waals surface area contributed by atoms with Crippen LogP contribution in [0.3, 0.4) is 0 Å². The van der Waals surface area contributed by atoms with Crippen LogP contribution in [-0.2, 0) is 11.0 Å². The summed E-state index contributed by atoms with van der Waals surface area (Å²) in [5, 5.41) is 2.89.